The minimum atomic E-state index is -4.43. The van der Waals surface area contributed by atoms with E-state index in [0.29, 0.717) is 11.1 Å². The molecule has 0 atom stereocenters. The molecule has 2 rings (SSSR count). The molecule has 0 aliphatic rings. The largest absolute Gasteiger partial charge is 0.428 e. The van der Waals surface area contributed by atoms with E-state index in [1.54, 1.807) is 18.2 Å². The summed E-state index contributed by atoms with van der Waals surface area (Å²) in [7, 11) is 0. The maximum Gasteiger partial charge on any atom is 0.416 e. The Morgan fingerprint density at radius 3 is 2.17 bits per heavy atom. The van der Waals surface area contributed by atoms with Crippen molar-refractivity contribution in [1.82, 2.24) is 0 Å². The molecule has 0 saturated heterocycles. The van der Waals surface area contributed by atoms with Crippen LogP contribution in [0.4, 0.5) is 13.2 Å². The molecule has 0 spiro atoms. The van der Waals surface area contributed by atoms with Gasteiger partial charge in [0.15, 0.2) is 0 Å². The summed E-state index contributed by atoms with van der Waals surface area (Å²) in [5.41, 5.74) is 0.229. The van der Waals surface area contributed by atoms with Crippen LogP contribution in [-0.4, -0.2) is 18.7 Å². The second kappa shape index (κ2) is 7.16. The summed E-state index contributed by atoms with van der Waals surface area (Å²) in [5.74, 6) is -1.34. The fourth-order valence-electron chi connectivity index (χ4n) is 2.00. The zero-order valence-corrected chi connectivity index (χ0v) is 12.6. The fourth-order valence-corrected chi connectivity index (χ4v) is 2.00. The van der Waals surface area contributed by atoms with E-state index in [-0.39, 0.29) is 5.56 Å². The van der Waals surface area contributed by atoms with E-state index in [0.717, 1.165) is 12.1 Å². The Bertz CT molecular complexity index is 736. The van der Waals surface area contributed by atoms with Gasteiger partial charge in [-0.1, -0.05) is 30.3 Å². The fraction of sp³-hybridized carbons (Fsp3) is 0.176. The number of hydrogen-bond acceptors (Lipinski definition) is 4. The normalized spacial score (nSPS) is 11.0. The van der Waals surface area contributed by atoms with Gasteiger partial charge in [0.2, 0.25) is 6.79 Å². The van der Waals surface area contributed by atoms with Gasteiger partial charge in [0, 0.05) is 6.92 Å². The van der Waals surface area contributed by atoms with E-state index >= 15 is 0 Å². The van der Waals surface area contributed by atoms with Crippen molar-refractivity contribution in [3.8, 4) is 11.1 Å². The maximum absolute atomic E-state index is 12.6. The van der Waals surface area contributed by atoms with Gasteiger partial charge in [-0.25, -0.2) is 4.79 Å². The van der Waals surface area contributed by atoms with Gasteiger partial charge in [0.25, 0.3) is 0 Å². The van der Waals surface area contributed by atoms with E-state index in [9.17, 15) is 22.8 Å². The molecule has 0 radical (unpaired) electrons. The number of carbonyl (C=O) groups is 2. The highest BCUT2D eigenvalue weighted by molar-refractivity contribution is 5.97. The van der Waals surface area contributed by atoms with E-state index < -0.39 is 30.5 Å². The topological polar surface area (TPSA) is 52.6 Å². The Balaban J connectivity index is 2.25. The molecule has 24 heavy (non-hydrogen) atoms. The van der Waals surface area contributed by atoms with Crippen LogP contribution < -0.4 is 0 Å². The van der Waals surface area contributed by atoms with Crippen LogP contribution >= 0.6 is 0 Å². The van der Waals surface area contributed by atoms with Crippen LogP contribution in [0.3, 0.4) is 0 Å². The lowest BCUT2D eigenvalue weighted by Crippen LogP contribution is -2.12. The molecule has 0 bridgehead atoms. The minimum Gasteiger partial charge on any atom is -0.428 e. The predicted octanol–water partition coefficient (Wildman–Crippen LogP) is 4.05. The van der Waals surface area contributed by atoms with Gasteiger partial charge in [0.05, 0.1) is 11.1 Å². The van der Waals surface area contributed by atoms with Gasteiger partial charge in [0.1, 0.15) is 0 Å². The summed E-state index contributed by atoms with van der Waals surface area (Å²) < 4.78 is 47.2. The van der Waals surface area contributed by atoms with Gasteiger partial charge in [-0.3, -0.25) is 4.79 Å². The van der Waals surface area contributed by atoms with E-state index in [4.69, 9.17) is 4.74 Å². The molecular weight excluding hydrogens is 325 g/mol. The molecule has 0 saturated carbocycles. The third kappa shape index (κ3) is 4.34. The summed E-state index contributed by atoms with van der Waals surface area (Å²) in [6, 6.07) is 10.7. The predicted molar refractivity (Wildman–Crippen MR) is 78.9 cm³/mol. The average molecular weight is 338 g/mol. The summed E-state index contributed by atoms with van der Waals surface area (Å²) in [6.07, 6.45) is -4.43. The molecule has 0 N–H and O–H groups in total. The number of ether oxygens (including phenoxy) is 2. The molecule has 4 nitrogen and oxygen atoms in total. The van der Waals surface area contributed by atoms with Crippen molar-refractivity contribution in [2.45, 2.75) is 13.1 Å². The molecule has 0 aliphatic carbocycles. The zero-order valence-electron chi connectivity index (χ0n) is 12.6. The number of benzene rings is 2. The minimum absolute atomic E-state index is 0.157. The highest BCUT2D eigenvalue weighted by Gasteiger charge is 2.30. The highest BCUT2D eigenvalue weighted by atomic mass is 19.4. The second-order valence-corrected chi connectivity index (χ2v) is 4.81. The van der Waals surface area contributed by atoms with Crippen molar-refractivity contribution < 1.29 is 32.2 Å². The molecule has 0 heterocycles. The first-order valence-electron chi connectivity index (χ1n) is 6.86. The molecule has 2 aromatic carbocycles. The number of esters is 2. The van der Waals surface area contributed by atoms with Crippen LogP contribution in [0.15, 0.2) is 48.5 Å². The quantitative estimate of drug-likeness (QED) is 0.623. The van der Waals surface area contributed by atoms with Crippen molar-refractivity contribution in [2.24, 2.45) is 0 Å². The zero-order chi connectivity index (χ0) is 17.7. The van der Waals surface area contributed by atoms with E-state index in [2.05, 4.69) is 4.74 Å². The van der Waals surface area contributed by atoms with Gasteiger partial charge in [-0.05, 0) is 29.3 Å². The Kier molecular flexibility index (Phi) is 5.23. The third-order valence-electron chi connectivity index (χ3n) is 3.12. The number of carbonyl (C=O) groups excluding carboxylic acids is 2. The van der Waals surface area contributed by atoms with Crippen LogP contribution in [0, 0.1) is 0 Å². The lowest BCUT2D eigenvalue weighted by atomic mass is 9.98. The van der Waals surface area contributed by atoms with Crippen LogP contribution in [0.25, 0.3) is 11.1 Å². The van der Waals surface area contributed by atoms with E-state index in [1.807, 2.05) is 0 Å². The monoisotopic (exact) mass is 338 g/mol. The Hall–Kier alpha value is -2.83. The Morgan fingerprint density at radius 2 is 1.58 bits per heavy atom. The summed E-state index contributed by atoms with van der Waals surface area (Å²) >= 11 is 0. The lowest BCUT2D eigenvalue weighted by molar-refractivity contribution is -0.149. The van der Waals surface area contributed by atoms with Crippen molar-refractivity contribution >= 4 is 11.9 Å². The first-order valence-corrected chi connectivity index (χ1v) is 6.86. The Labute approximate surface area is 135 Å². The SMILES string of the molecule is CC(=O)OCOC(=O)c1ccccc1-c1ccc(C(F)(F)F)cc1. The number of halogens is 3. The van der Waals surface area contributed by atoms with Crippen molar-refractivity contribution in [2.75, 3.05) is 6.79 Å². The molecule has 0 unspecified atom stereocenters. The smallest absolute Gasteiger partial charge is 0.416 e. The molecule has 2 aromatic rings. The Morgan fingerprint density at radius 1 is 0.958 bits per heavy atom. The van der Waals surface area contributed by atoms with Gasteiger partial charge in [-0.2, -0.15) is 13.2 Å². The molecule has 0 amide bonds. The van der Waals surface area contributed by atoms with Gasteiger partial charge in [-0.15, -0.1) is 0 Å². The van der Waals surface area contributed by atoms with Gasteiger partial charge >= 0.3 is 18.1 Å². The van der Waals surface area contributed by atoms with Crippen molar-refractivity contribution in [1.29, 1.82) is 0 Å². The van der Waals surface area contributed by atoms with Crippen LogP contribution in [0.1, 0.15) is 22.8 Å². The lowest BCUT2D eigenvalue weighted by Gasteiger charge is -2.11. The summed E-state index contributed by atoms with van der Waals surface area (Å²) in [6.45, 7) is 0.638. The molecule has 0 fully saturated rings. The maximum atomic E-state index is 12.6. The first-order chi connectivity index (χ1) is 11.3. The molecule has 0 aliphatic heterocycles. The molecule has 7 heteroatoms. The molecular formula is C17H13F3O4. The number of alkyl halides is 3. The third-order valence-corrected chi connectivity index (χ3v) is 3.12. The number of hydrogen-bond donors (Lipinski definition) is 0. The second-order valence-electron chi connectivity index (χ2n) is 4.81. The number of rotatable bonds is 4. The summed E-state index contributed by atoms with van der Waals surface area (Å²) in [5, 5.41) is 0. The standard InChI is InChI=1S/C17H13F3O4/c1-11(21)23-10-24-16(22)15-5-3-2-4-14(15)12-6-8-13(9-7-12)17(18,19)20/h2-9H,10H2,1H3. The average Bonchev–Trinajstić information content (AvgIpc) is 2.54. The van der Waals surface area contributed by atoms with Gasteiger partial charge < -0.3 is 9.47 Å². The van der Waals surface area contributed by atoms with E-state index in [1.165, 1.54) is 25.1 Å². The summed E-state index contributed by atoms with van der Waals surface area (Å²) in [4.78, 5) is 22.7. The highest BCUT2D eigenvalue weighted by Crippen LogP contribution is 2.32. The van der Waals surface area contributed by atoms with Crippen LogP contribution in [0.2, 0.25) is 0 Å². The van der Waals surface area contributed by atoms with Crippen molar-refractivity contribution in [3.05, 3.63) is 59.7 Å². The van der Waals surface area contributed by atoms with Crippen LogP contribution in [0.5, 0.6) is 0 Å². The first kappa shape index (κ1) is 17.5. The molecule has 126 valence electrons. The van der Waals surface area contributed by atoms with Crippen LogP contribution in [-0.2, 0) is 20.4 Å². The molecule has 0 aromatic heterocycles. The van der Waals surface area contributed by atoms with Crippen molar-refractivity contribution in [3.63, 3.8) is 0 Å².